The van der Waals surface area contributed by atoms with Crippen LogP contribution in [0.4, 0.5) is 0 Å². The molecule has 1 unspecified atom stereocenters. The van der Waals surface area contributed by atoms with E-state index in [1.54, 1.807) is 13.0 Å². The first-order valence-electron chi connectivity index (χ1n) is 2.98. The number of nitrogens with one attached hydrogen (secondary N) is 1. The van der Waals surface area contributed by atoms with E-state index in [1.165, 1.54) is 12.3 Å². The Morgan fingerprint density at radius 2 is 2.09 bits per heavy atom. The zero-order valence-electron chi connectivity index (χ0n) is 5.87. The minimum absolute atomic E-state index is 0.171. The molecule has 5 heteroatoms. The fourth-order valence-electron chi connectivity index (χ4n) is 0.753. The molecule has 0 aromatic carbocycles. The average molecular weight is 173 g/mol. The number of hydrogen-bond donors (Lipinski definition) is 1. The van der Waals surface area contributed by atoms with Crippen LogP contribution < -0.4 is 5.06 Å². The predicted octanol–water partition coefficient (Wildman–Crippen LogP) is -1.15. The van der Waals surface area contributed by atoms with Crippen molar-refractivity contribution >= 4 is 15.3 Å². The van der Waals surface area contributed by atoms with E-state index in [0.29, 0.717) is 0 Å². The van der Waals surface area contributed by atoms with Crippen molar-refractivity contribution in [3.63, 3.8) is 0 Å². The van der Waals surface area contributed by atoms with Gasteiger partial charge in [0.25, 0.3) is 15.3 Å². The summed E-state index contributed by atoms with van der Waals surface area (Å²) in [7, 11) is -2.41. The lowest BCUT2D eigenvalue weighted by Crippen LogP contribution is -3.05. The number of allylic oxidation sites excluding steroid dienone is 2. The van der Waals surface area contributed by atoms with Crippen LogP contribution in [-0.2, 0) is 10.3 Å². The number of hydroxylamine groups is 2. The molecule has 0 radical (unpaired) electrons. The van der Waals surface area contributed by atoms with Gasteiger partial charge < -0.3 is 10.3 Å². The molecule has 1 heterocycles. The molecule has 1 atom stereocenters. The molecule has 0 saturated carbocycles. The van der Waals surface area contributed by atoms with Crippen molar-refractivity contribution in [1.29, 1.82) is 0 Å². The first-order chi connectivity index (χ1) is 5.11. The Balaban J connectivity index is 3.15. The van der Waals surface area contributed by atoms with E-state index in [-0.39, 0.29) is 4.99 Å². The van der Waals surface area contributed by atoms with Crippen LogP contribution >= 0.6 is 0 Å². The maximum atomic E-state index is 10.9. The van der Waals surface area contributed by atoms with Crippen molar-refractivity contribution in [3.8, 4) is 0 Å². The van der Waals surface area contributed by atoms with Gasteiger partial charge in [0, 0.05) is 11.6 Å². The van der Waals surface area contributed by atoms with E-state index < -0.39 is 15.4 Å². The summed E-state index contributed by atoms with van der Waals surface area (Å²) in [6.07, 6.45) is 4.19. The zero-order chi connectivity index (χ0) is 8.43. The normalized spacial score (nSPS) is 23.3. The summed E-state index contributed by atoms with van der Waals surface area (Å²) in [4.78, 5) is -0.171. The first-order valence-corrected chi connectivity index (χ1v) is 4.05. The Hall–Kier alpha value is -0.910. The highest BCUT2D eigenvalue weighted by atomic mass is 32.2. The van der Waals surface area contributed by atoms with Gasteiger partial charge in [0.2, 0.25) is 0 Å². The molecule has 0 saturated heterocycles. The molecule has 1 aliphatic rings. The van der Waals surface area contributed by atoms with E-state index in [4.69, 9.17) is 0 Å². The Kier molecular flexibility index (Phi) is 2.23. The van der Waals surface area contributed by atoms with Gasteiger partial charge in [0.1, 0.15) is 6.20 Å². The zero-order valence-corrected chi connectivity index (χ0v) is 6.68. The molecule has 0 aromatic rings. The van der Waals surface area contributed by atoms with Gasteiger partial charge in [-0.05, 0) is 13.0 Å². The summed E-state index contributed by atoms with van der Waals surface area (Å²) in [5.41, 5.74) is 0.768. The predicted molar refractivity (Wildman–Crippen MR) is 41.2 cm³/mol. The number of rotatable bonds is 0. The summed E-state index contributed by atoms with van der Waals surface area (Å²) >= 11 is 0. The van der Waals surface area contributed by atoms with E-state index in [1.807, 2.05) is 0 Å². The van der Waals surface area contributed by atoms with Crippen LogP contribution in [0.2, 0.25) is 0 Å². The Morgan fingerprint density at radius 1 is 1.45 bits per heavy atom. The number of hydrogen-bond acceptors (Lipinski definition) is 3. The summed E-state index contributed by atoms with van der Waals surface area (Å²) in [5.74, 6) is 0. The molecule has 1 rings (SSSR count). The summed E-state index contributed by atoms with van der Waals surface area (Å²) in [6.45, 7) is 1.74. The van der Waals surface area contributed by atoms with E-state index in [9.17, 15) is 13.6 Å². The first kappa shape index (κ1) is 8.19. The maximum absolute atomic E-state index is 10.9. The van der Waals surface area contributed by atoms with Crippen LogP contribution in [-0.4, -0.2) is 13.4 Å². The molecule has 0 bridgehead atoms. The summed E-state index contributed by atoms with van der Waals surface area (Å²) in [5, 5.41) is 10.4. The standard InChI is InChI=1S/C6H7NO3S/c1-5-2-3-6(11(9)10)7(8)4-5/h2-4,7H,1H3. The minimum Gasteiger partial charge on any atom is -0.623 e. The molecular weight excluding hydrogens is 166 g/mol. The van der Waals surface area contributed by atoms with Gasteiger partial charge in [-0.1, -0.05) is 0 Å². The van der Waals surface area contributed by atoms with Crippen molar-refractivity contribution in [2.75, 3.05) is 0 Å². The second-order valence-corrected chi connectivity index (χ2v) is 3.09. The molecule has 60 valence electrons. The third kappa shape index (κ3) is 1.76. The van der Waals surface area contributed by atoms with Crippen LogP contribution in [0, 0.1) is 5.21 Å². The van der Waals surface area contributed by atoms with E-state index in [0.717, 1.165) is 5.57 Å². The smallest absolute Gasteiger partial charge is 0.276 e. The third-order valence-electron chi connectivity index (χ3n) is 1.28. The van der Waals surface area contributed by atoms with Gasteiger partial charge in [-0.15, -0.1) is 0 Å². The van der Waals surface area contributed by atoms with Crippen LogP contribution in [0.15, 0.2) is 23.9 Å². The highest BCUT2D eigenvalue weighted by molar-refractivity contribution is 7.72. The van der Waals surface area contributed by atoms with Gasteiger partial charge in [-0.2, -0.15) is 8.42 Å². The molecule has 0 aliphatic carbocycles. The van der Waals surface area contributed by atoms with Crippen molar-refractivity contribution in [2.24, 2.45) is 0 Å². The quantitative estimate of drug-likeness (QED) is 0.372. The lowest BCUT2D eigenvalue weighted by Gasteiger charge is -2.17. The molecule has 11 heavy (non-hydrogen) atoms. The molecule has 0 amide bonds. The van der Waals surface area contributed by atoms with Crippen LogP contribution in [0.3, 0.4) is 0 Å². The third-order valence-corrected chi connectivity index (χ3v) is 1.98. The molecule has 0 aromatic heterocycles. The summed E-state index contributed by atoms with van der Waals surface area (Å²) < 4.78 is 20.7. The van der Waals surface area contributed by atoms with Crippen molar-refractivity contribution in [1.82, 2.24) is 0 Å². The maximum Gasteiger partial charge on any atom is 0.276 e. The molecule has 4 nitrogen and oxygen atoms in total. The topological polar surface area (TPSA) is 61.6 Å². The second-order valence-electron chi connectivity index (χ2n) is 2.18. The van der Waals surface area contributed by atoms with E-state index in [2.05, 4.69) is 0 Å². The molecule has 0 spiro atoms. The fourth-order valence-corrected chi connectivity index (χ4v) is 1.16. The average Bonchev–Trinajstić information content (AvgIpc) is 1.85. The highest BCUT2D eigenvalue weighted by Crippen LogP contribution is 1.93. The fraction of sp³-hybridized carbons (Fsp3) is 0.167. The molecule has 1 N–H and O–H groups in total. The van der Waals surface area contributed by atoms with Gasteiger partial charge >= 0.3 is 0 Å². The largest absolute Gasteiger partial charge is 0.623 e. The summed E-state index contributed by atoms with van der Waals surface area (Å²) in [6, 6.07) is 0. The van der Waals surface area contributed by atoms with Crippen LogP contribution in [0.5, 0.6) is 0 Å². The van der Waals surface area contributed by atoms with Crippen LogP contribution in [0.1, 0.15) is 6.92 Å². The lowest BCUT2D eigenvalue weighted by molar-refractivity contribution is -0.680. The van der Waals surface area contributed by atoms with E-state index >= 15 is 0 Å². The van der Waals surface area contributed by atoms with Crippen LogP contribution in [0.25, 0.3) is 0 Å². The van der Waals surface area contributed by atoms with Crippen molar-refractivity contribution < 1.29 is 13.5 Å². The van der Waals surface area contributed by atoms with Crippen molar-refractivity contribution in [3.05, 3.63) is 29.1 Å². The SMILES string of the molecule is CC1=C[NH+]([O-])C(=S(=O)=O)C=C1. The number of quaternary nitrogens is 1. The lowest BCUT2D eigenvalue weighted by atomic mass is 10.2. The van der Waals surface area contributed by atoms with Gasteiger partial charge in [0.15, 0.2) is 0 Å². The Morgan fingerprint density at radius 3 is 2.55 bits per heavy atom. The molecular formula is C6H7NO3S. The van der Waals surface area contributed by atoms with Gasteiger partial charge in [0.05, 0.1) is 0 Å². The highest BCUT2D eigenvalue weighted by Gasteiger charge is 2.08. The molecule has 1 aliphatic heterocycles. The molecule has 0 fully saturated rings. The monoisotopic (exact) mass is 173 g/mol. The minimum atomic E-state index is -2.41. The van der Waals surface area contributed by atoms with Crippen molar-refractivity contribution in [2.45, 2.75) is 6.92 Å². The Labute approximate surface area is 65.5 Å². The van der Waals surface area contributed by atoms with Gasteiger partial charge in [-0.3, -0.25) is 0 Å². The Bertz CT molecular complexity index is 342. The van der Waals surface area contributed by atoms with Gasteiger partial charge in [-0.25, -0.2) is 0 Å². The second kappa shape index (κ2) is 3.00.